The Morgan fingerprint density at radius 2 is 2.53 bits per heavy atom. The third-order valence-electron chi connectivity index (χ3n) is 3.04. The highest BCUT2D eigenvalue weighted by Gasteiger charge is 2.36. The molecular weight excluding hydrogens is 236 g/mol. The van der Waals surface area contributed by atoms with E-state index in [4.69, 9.17) is 5.11 Å². The van der Waals surface area contributed by atoms with Gasteiger partial charge in [-0.1, -0.05) is 13.3 Å². The van der Waals surface area contributed by atoms with Crippen LogP contribution in [0.3, 0.4) is 0 Å². The van der Waals surface area contributed by atoms with Crippen LogP contribution in [0.15, 0.2) is 5.38 Å². The van der Waals surface area contributed by atoms with Crippen molar-refractivity contribution in [2.75, 3.05) is 5.32 Å². The number of carbonyl (C=O) groups is 1. The summed E-state index contributed by atoms with van der Waals surface area (Å²) in [5, 5.41) is 14.9. The molecule has 0 aromatic carbocycles. The maximum Gasteiger partial charge on any atom is 0.303 e. The van der Waals surface area contributed by atoms with Crippen LogP contribution in [0.25, 0.3) is 0 Å². The molecule has 1 aromatic rings. The highest BCUT2D eigenvalue weighted by Crippen LogP contribution is 2.37. The first-order valence-electron chi connectivity index (χ1n) is 6.11. The van der Waals surface area contributed by atoms with Gasteiger partial charge in [-0.05, 0) is 18.8 Å². The minimum Gasteiger partial charge on any atom is -0.481 e. The van der Waals surface area contributed by atoms with Crippen LogP contribution in [0.2, 0.25) is 0 Å². The first kappa shape index (κ1) is 12.4. The Kier molecular flexibility index (Phi) is 3.99. The fraction of sp³-hybridized carbons (Fsp3) is 0.667. The molecule has 1 aliphatic rings. The summed E-state index contributed by atoms with van der Waals surface area (Å²) >= 11 is 1.57. The molecule has 5 heteroatoms. The van der Waals surface area contributed by atoms with E-state index in [9.17, 15) is 4.79 Å². The zero-order chi connectivity index (χ0) is 12.3. The fourth-order valence-corrected chi connectivity index (χ4v) is 2.80. The zero-order valence-corrected chi connectivity index (χ0v) is 10.8. The summed E-state index contributed by atoms with van der Waals surface area (Å²) in [7, 11) is 0. The number of rotatable bonds is 7. The predicted octanol–water partition coefficient (Wildman–Crippen LogP) is 2.76. The Bertz CT molecular complexity index is 392. The van der Waals surface area contributed by atoms with Crippen molar-refractivity contribution in [3.8, 4) is 0 Å². The molecule has 1 saturated carbocycles. The fourth-order valence-electron chi connectivity index (χ4n) is 2.00. The van der Waals surface area contributed by atoms with Crippen molar-refractivity contribution >= 4 is 22.4 Å². The third-order valence-corrected chi connectivity index (χ3v) is 3.86. The van der Waals surface area contributed by atoms with Crippen LogP contribution in [0.4, 0.5) is 5.13 Å². The van der Waals surface area contributed by atoms with E-state index in [2.05, 4.69) is 17.2 Å². The summed E-state index contributed by atoms with van der Waals surface area (Å²) in [5.74, 6) is 0.0454. The lowest BCUT2D eigenvalue weighted by Gasteiger charge is -2.00. The number of carboxylic acids is 1. The van der Waals surface area contributed by atoms with Crippen LogP contribution in [-0.4, -0.2) is 22.1 Å². The topological polar surface area (TPSA) is 62.2 Å². The lowest BCUT2D eigenvalue weighted by Crippen LogP contribution is -2.04. The maximum atomic E-state index is 10.4. The summed E-state index contributed by atoms with van der Waals surface area (Å²) in [6, 6.07) is 0.591. The smallest absolute Gasteiger partial charge is 0.303 e. The van der Waals surface area contributed by atoms with Crippen LogP contribution >= 0.6 is 11.3 Å². The van der Waals surface area contributed by atoms with Crippen LogP contribution in [-0.2, 0) is 11.2 Å². The zero-order valence-electron chi connectivity index (χ0n) is 9.98. The van der Waals surface area contributed by atoms with Crippen LogP contribution < -0.4 is 5.32 Å². The number of thiazole rings is 1. The van der Waals surface area contributed by atoms with Crippen molar-refractivity contribution in [2.45, 2.75) is 45.1 Å². The highest BCUT2D eigenvalue weighted by molar-refractivity contribution is 7.13. The number of aryl methyl sites for hydroxylation is 1. The molecule has 1 aromatic heterocycles. The maximum absolute atomic E-state index is 10.4. The first-order valence-corrected chi connectivity index (χ1v) is 6.99. The van der Waals surface area contributed by atoms with Gasteiger partial charge in [0, 0.05) is 17.8 Å². The minimum atomic E-state index is -0.766. The molecule has 2 unspecified atom stereocenters. The lowest BCUT2D eigenvalue weighted by atomic mass is 10.2. The van der Waals surface area contributed by atoms with Crippen molar-refractivity contribution in [1.29, 1.82) is 0 Å². The lowest BCUT2D eigenvalue weighted by molar-refractivity contribution is -0.136. The van der Waals surface area contributed by atoms with Crippen molar-refractivity contribution in [3.63, 3.8) is 0 Å². The average molecular weight is 254 g/mol. The summed E-state index contributed by atoms with van der Waals surface area (Å²) in [6.45, 7) is 2.21. The second kappa shape index (κ2) is 5.49. The van der Waals surface area contributed by atoms with Crippen molar-refractivity contribution < 1.29 is 9.90 Å². The van der Waals surface area contributed by atoms with E-state index in [-0.39, 0.29) is 6.42 Å². The number of hydrogen-bond acceptors (Lipinski definition) is 4. The average Bonchev–Trinajstić information content (AvgIpc) is 2.84. The van der Waals surface area contributed by atoms with Crippen LogP contribution in [0.5, 0.6) is 0 Å². The summed E-state index contributed by atoms with van der Waals surface area (Å²) < 4.78 is 0. The monoisotopic (exact) mass is 254 g/mol. The Hall–Kier alpha value is -1.10. The Balaban J connectivity index is 1.77. The molecule has 4 nitrogen and oxygen atoms in total. The van der Waals surface area contributed by atoms with E-state index in [0.717, 1.165) is 16.7 Å². The van der Waals surface area contributed by atoms with Crippen LogP contribution in [0.1, 0.15) is 38.3 Å². The van der Waals surface area contributed by atoms with Crippen molar-refractivity contribution in [1.82, 2.24) is 4.98 Å². The van der Waals surface area contributed by atoms with E-state index in [0.29, 0.717) is 12.5 Å². The molecule has 0 amide bonds. The van der Waals surface area contributed by atoms with Gasteiger partial charge in [0.2, 0.25) is 0 Å². The van der Waals surface area contributed by atoms with Gasteiger partial charge >= 0.3 is 5.97 Å². The molecule has 0 saturated heterocycles. The van der Waals surface area contributed by atoms with Gasteiger partial charge in [0.1, 0.15) is 0 Å². The van der Waals surface area contributed by atoms with E-state index < -0.39 is 5.97 Å². The van der Waals surface area contributed by atoms with E-state index in [1.54, 1.807) is 11.3 Å². The number of anilines is 1. The molecule has 0 aliphatic heterocycles. The molecule has 17 heavy (non-hydrogen) atoms. The second-order valence-corrected chi connectivity index (χ2v) is 5.43. The Morgan fingerprint density at radius 3 is 3.24 bits per heavy atom. The predicted molar refractivity (Wildman–Crippen MR) is 68.5 cm³/mol. The van der Waals surface area contributed by atoms with Crippen molar-refractivity contribution in [2.24, 2.45) is 5.92 Å². The standard InChI is InChI=1S/C12H18N2O2S/c1-2-3-8-6-10(8)14-12-13-9(7-17-12)4-5-11(15)16/h7-8,10H,2-6H2,1H3,(H,13,14)(H,15,16). The molecular formula is C12H18N2O2S. The van der Waals surface area contributed by atoms with Gasteiger partial charge < -0.3 is 10.4 Å². The Morgan fingerprint density at radius 1 is 1.71 bits per heavy atom. The van der Waals surface area contributed by atoms with Gasteiger partial charge in [-0.2, -0.15) is 0 Å². The quantitative estimate of drug-likeness (QED) is 0.785. The molecule has 94 valence electrons. The van der Waals surface area contributed by atoms with Gasteiger partial charge in [-0.15, -0.1) is 11.3 Å². The Labute approximate surface area is 105 Å². The number of aliphatic carboxylic acids is 1. The molecule has 0 bridgehead atoms. The first-order chi connectivity index (χ1) is 8.19. The number of carboxylic acid groups (broad SMARTS) is 1. The summed E-state index contributed by atoms with van der Waals surface area (Å²) in [4.78, 5) is 14.8. The van der Waals surface area contributed by atoms with E-state index in [1.807, 2.05) is 5.38 Å². The van der Waals surface area contributed by atoms with Gasteiger partial charge in [-0.3, -0.25) is 4.79 Å². The van der Waals surface area contributed by atoms with Gasteiger partial charge in [0.25, 0.3) is 0 Å². The third kappa shape index (κ3) is 3.70. The second-order valence-electron chi connectivity index (χ2n) is 4.57. The molecule has 1 aliphatic carbocycles. The molecule has 1 fully saturated rings. The molecule has 2 rings (SSSR count). The molecule has 0 radical (unpaired) electrons. The van der Waals surface area contributed by atoms with E-state index >= 15 is 0 Å². The number of nitrogens with one attached hydrogen (secondary N) is 1. The number of hydrogen-bond donors (Lipinski definition) is 2. The molecule has 0 spiro atoms. The van der Waals surface area contributed by atoms with Crippen LogP contribution in [0, 0.1) is 5.92 Å². The summed E-state index contributed by atoms with van der Waals surface area (Å²) in [6.07, 6.45) is 4.46. The van der Waals surface area contributed by atoms with Crippen molar-refractivity contribution in [3.05, 3.63) is 11.1 Å². The van der Waals surface area contributed by atoms with E-state index in [1.165, 1.54) is 19.3 Å². The SMILES string of the molecule is CCCC1CC1Nc1nc(CCC(=O)O)cs1. The number of aromatic nitrogens is 1. The molecule has 2 atom stereocenters. The van der Waals surface area contributed by atoms with Gasteiger partial charge in [0.15, 0.2) is 5.13 Å². The summed E-state index contributed by atoms with van der Waals surface area (Å²) in [5.41, 5.74) is 0.882. The normalized spacial score (nSPS) is 22.4. The van der Waals surface area contributed by atoms with Gasteiger partial charge in [0.05, 0.1) is 12.1 Å². The molecule has 1 heterocycles. The minimum absolute atomic E-state index is 0.158. The highest BCUT2D eigenvalue weighted by atomic mass is 32.1. The largest absolute Gasteiger partial charge is 0.481 e. The number of nitrogens with zero attached hydrogens (tertiary/aromatic N) is 1. The molecule has 2 N–H and O–H groups in total. The van der Waals surface area contributed by atoms with Gasteiger partial charge in [-0.25, -0.2) is 4.98 Å².